The van der Waals surface area contributed by atoms with Crippen molar-refractivity contribution in [2.24, 2.45) is 0 Å². The summed E-state index contributed by atoms with van der Waals surface area (Å²) in [6.07, 6.45) is 6.55. The number of fused-ring (bicyclic) bond motifs is 1. The number of unbranched alkanes of at least 4 members (excludes halogenated alkanes) is 5. The second-order valence-corrected chi connectivity index (χ2v) is 9.12. The third kappa shape index (κ3) is 7.53. The van der Waals surface area contributed by atoms with Gasteiger partial charge in [0.15, 0.2) is 0 Å². The van der Waals surface area contributed by atoms with Crippen LogP contribution in [0.3, 0.4) is 0 Å². The highest BCUT2D eigenvalue weighted by Gasteiger charge is 2.51. The smallest absolute Gasteiger partial charge is 0.343 e. The van der Waals surface area contributed by atoms with Crippen LogP contribution >= 0.6 is 0 Å². The molecule has 0 radical (unpaired) electrons. The van der Waals surface area contributed by atoms with E-state index in [-0.39, 0.29) is 13.2 Å². The van der Waals surface area contributed by atoms with Gasteiger partial charge in [0, 0.05) is 13.3 Å². The van der Waals surface area contributed by atoms with Crippen LogP contribution in [-0.4, -0.2) is 41.7 Å². The average molecular weight is 500 g/mol. The highest BCUT2D eigenvalue weighted by atomic mass is 16.6. The van der Waals surface area contributed by atoms with Gasteiger partial charge < -0.3 is 19.9 Å². The molecule has 0 aliphatic rings. The zero-order valence-electron chi connectivity index (χ0n) is 22.1. The maximum absolute atomic E-state index is 13.0. The SMILES string of the molecule is CCCCCCCCc1ccc(C(O)CC(NC(C)=O)(C(=O)OCC)C(=O)OCC)c2ccccc12. The fraction of sp³-hybridized carbons (Fsp3) is 0.552. The number of aliphatic hydroxyl groups excluding tert-OH is 1. The Morgan fingerprint density at radius 3 is 2.03 bits per heavy atom. The summed E-state index contributed by atoms with van der Waals surface area (Å²) in [4.78, 5) is 38.0. The number of amides is 1. The van der Waals surface area contributed by atoms with Crippen molar-refractivity contribution in [3.63, 3.8) is 0 Å². The third-order valence-electron chi connectivity index (χ3n) is 6.34. The Balaban J connectivity index is 2.38. The number of aliphatic hydroxyl groups is 1. The molecule has 198 valence electrons. The molecule has 2 aromatic rings. The molecular weight excluding hydrogens is 458 g/mol. The minimum absolute atomic E-state index is 0.00569. The molecule has 2 N–H and O–H groups in total. The van der Waals surface area contributed by atoms with Crippen LogP contribution in [0.25, 0.3) is 10.8 Å². The summed E-state index contributed by atoms with van der Waals surface area (Å²) in [7, 11) is 0. The first kappa shape index (κ1) is 29.3. The number of benzene rings is 2. The molecule has 0 aromatic heterocycles. The lowest BCUT2D eigenvalue weighted by Crippen LogP contribution is -2.61. The molecule has 0 heterocycles. The van der Waals surface area contributed by atoms with Gasteiger partial charge in [0.05, 0.1) is 19.3 Å². The van der Waals surface area contributed by atoms with Crippen LogP contribution in [0.15, 0.2) is 36.4 Å². The molecular formula is C29H41NO6. The van der Waals surface area contributed by atoms with Crippen LogP contribution in [0.1, 0.15) is 89.9 Å². The number of rotatable bonds is 15. The van der Waals surface area contributed by atoms with Crippen molar-refractivity contribution in [3.05, 3.63) is 47.5 Å². The fourth-order valence-electron chi connectivity index (χ4n) is 4.60. The van der Waals surface area contributed by atoms with Crippen LogP contribution in [0.5, 0.6) is 0 Å². The van der Waals surface area contributed by atoms with Crippen LogP contribution in [-0.2, 0) is 30.3 Å². The molecule has 2 rings (SSSR count). The van der Waals surface area contributed by atoms with E-state index in [0.717, 1.165) is 23.6 Å². The second kappa shape index (κ2) is 14.6. The predicted molar refractivity (Wildman–Crippen MR) is 140 cm³/mol. The molecule has 0 spiro atoms. The van der Waals surface area contributed by atoms with Gasteiger partial charge in [-0.25, -0.2) is 9.59 Å². The number of hydrogen-bond acceptors (Lipinski definition) is 6. The summed E-state index contributed by atoms with van der Waals surface area (Å²) < 4.78 is 10.3. The van der Waals surface area contributed by atoms with Crippen molar-refractivity contribution in [1.82, 2.24) is 5.32 Å². The Kier molecular flexibility index (Phi) is 11.9. The Hall–Kier alpha value is -2.93. The standard InChI is InChI=1S/C29H41NO6/c1-5-8-9-10-11-12-15-22-18-19-25(24-17-14-13-16-23(22)24)26(32)20-29(30-21(4)31,27(33)35-6-2)28(34)36-7-3/h13-14,16-19,26,32H,5-12,15,20H2,1-4H3,(H,30,31). The van der Waals surface area contributed by atoms with Gasteiger partial charge in [0.1, 0.15) is 0 Å². The molecule has 1 unspecified atom stereocenters. The molecule has 0 aliphatic heterocycles. The van der Waals surface area contributed by atoms with Crippen LogP contribution < -0.4 is 5.32 Å². The molecule has 1 amide bonds. The lowest BCUT2D eigenvalue weighted by atomic mass is 9.86. The van der Waals surface area contributed by atoms with Gasteiger partial charge in [-0.15, -0.1) is 0 Å². The Labute approximate surface area is 214 Å². The van der Waals surface area contributed by atoms with Gasteiger partial charge in [0.2, 0.25) is 11.4 Å². The molecule has 0 saturated heterocycles. The molecule has 2 aromatic carbocycles. The third-order valence-corrected chi connectivity index (χ3v) is 6.34. The Morgan fingerprint density at radius 1 is 0.861 bits per heavy atom. The lowest BCUT2D eigenvalue weighted by Gasteiger charge is -2.31. The minimum Gasteiger partial charge on any atom is -0.464 e. The van der Waals surface area contributed by atoms with Gasteiger partial charge >= 0.3 is 11.9 Å². The van der Waals surface area contributed by atoms with E-state index in [1.165, 1.54) is 44.6 Å². The van der Waals surface area contributed by atoms with E-state index < -0.39 is 35.9 Å². The molecule has 7 nitrogen and oxygen atoms in total. The van der Waals surface area contributed by atoms with Crippen molar-refractivity contribution in [1.29, 1.82) is 0 Å². The van der Waals surface area contributed by atoms with Crippen LogP contribution in [0, 0.1) is 0 Å². The van der Waals surface area contributed by atoms with Gasteiger partial charge in [0.25, 0.3) is 0 Å². The van der Waals surface area contributed by atoms with Gasteiger partial charge in [-0.3, -0.25) is 4.79 Å². The number of esters is 2. The molecule has 0 aliphatic carbocycles. The van der Waals surface area contributed by atoms with Gasteiger partial charge in [-0.2, -0.15) is 0 Å². The maximum atomic E-state index is 13.0. The number of carbonyl (C=O) groups is 3. The van der Waals surface area contributed by atoms with Crippen LogP contribution in [0.2, 0.25) is 0 Å². The highest BCUT2D eigenvalue weighted by molar-refractivity contribution is 6.07. The average Bonchev–Trinajstić information content (AvgIpc) is 2.85. The largest absolute Gasteiger partial charge is 0.464 e. The number of nitrogens with one attached hydrogen (secondary N) is 1. The first-order valence-corrected chi connectivity index (χ1v) is 13.1. The van der Waals surface area contributed by atoms with E-state index in [9.17, 15) is 19.5 Å². The zero-order chi connectivity index (χ0) is 26.6. The summed E-state index contributed by atoms with van der Waals surface area (Å²) in [5.41, 5.74) is -0.392. The van der Waals surface area contributed by atoms with E-state index in [1.54, 1.807) is 13.8 Å². The summed E-state index contributed by atoms with van der Waals surface area (Å²) in [5, 5.41) is 15.6. The van der Waals surface area contributed by atoms with Crippen molar-refractivity contribution < 1.29 is 29.0 Å². The van der Waals surface area contributed by atoms with Gasteiger partial charge in [-0.1, -0.05) is 75.4 Å². The first-order chi connectivity index (χ1) is 17.3. The van der Waals surface area contributed by atoms with E-state index in [0.29, 0.717) is 5.56 Å². The quantitative estimate of drug-likeness (QED) is 0.199. The van der Waals surface area contributed by atoms with Crippen LogP contribution in [0.4, 0.5) is 0 Å². The predicted octanol–water partition coefficient (Wildman–Crippen LogP) is 5.17. The number of ether oxygens (including phenoxy) is 2. The Bertz CT molecular complexity index is 1000. The van der Waals surface area contributed by atoms with E-state index in [2.05, 4.69) is 12.2 Å². The minimum atomic E-state index is -2.16. The van der Waals surface area contributed by atoms with Crippen molar-refractivity contribution in [2.75, 3.05) is 13.2 Å². The fourth-order valence-corrected chi connectivity index (χ4v) is 4.60. The summed E-state index contributed by atoms with van der Waals surface area (Å²) in [6, 6.07) is 11.6. The van der Waals surface area contributed by atoms with Crippen molar-refractivity contribution >= 4 is 28.6 Å². The lowest BCUT2D eigenvalue weighted by molar-refractivity contribution is -0.170. The van der Waals surface area contributed by atoms with E-state index in [1.807, 2.05) is 36.4 Å². The molecule has 36 heavy (non-hydrogen) atoms. The topological polar surface area (TPSA) is 102 Å². The first-order valence-electron chi connectivity index (χ1n) is 13.1. The summed E-state index contributed by atoms with van der Waals surface area (Å²) in [5.74, 6) is -2.52. The summed E-state index contributed by atoms with van der Waals surface area (Å²) in [6.45, 7) is 6.63. The highest BCUT2D eigenvalue weighted by Crippen LogP contribution is 2.33. The van der Waals surface area contributed by atoms with Gasteiger partial charge in [-0.05, 0) is 48.6 Å². The zero-order valence-corrected chi connectivity index (χ0v) is 22.1. The summed E-state index contributed by atoms with van der Waals surface area (Å²) >= 11 is 0. The number of hydrogen-bond donors (Lipinski definition) is 2. The molecule has 7 heteroatoms. The Morgan fingerprint density at radius 2 is 1.44 bits per heavy atom. The van der Waals surface area contributed by atoms with Crippen molar-refractivity contribution in [2.45, 2.75) is 90.7 Å². The molecule has 1 atom stereocenters. The molecule has 0 saturated carbocycles. The second-order valence-electron chi connectivity index (χ2n) is 9.12. The molecule has 0 bridgehead atoms. The molecule has 0 fully saturated rings. The normalized spacial score (nSPS) is 12.2. The number of carbonyl (C=O) groups excluding carboxylic acids is 3. The van der Waals surface area contributed by atoms with Crippen molar-refractivity contribution in [3.8, 4) is 0 Å². The monoisotopic (exact) mass is 499 g/mol. The maximum Gasteiger partial charge on any atom is 0.343 e. The number of aryl methyl sites for hydroxylation is 1. The van der Waals surface area contributed by atoms with E-state index >= 15 is 0 Å². The van der Waals surface area contributed by atoms with E-state index in [4.69, 9.17) is 9.47 Å².